The van der Waals surface area contributed by atoms with Gasteiger partial charge in [0, 0.05) is 36.4 Å². The predicted octanol–water partition coefficient (Wildman–Crippen LogP) is 6.12. The highest BCUT2D eigenvalue weighted by Crippen LogP contribution is 2.41. The molecule has 5 heteroatoms. The van der Waals surface area contributed by atoms with Crippen molar-refractivity contribution < 1.29 is 9.90 Å². The zero-order chi connectivity index (χ0) is 27.1. The average Bonchev–Trinajstić information content (AvgIpc) is 3.43. The maximum Gasteiger partial charge on any atom is 0.152 e. The Bertz CT molecular complexity index is 1440. The monoisotopic (exact) mass is 515 g/mol. The first kappa shape index (κ1) is 26.1. The summed E-state index contributed by atoms with van der Waals surface area (Å²) < 4.78 is 2.04. The standard InChI is InChI=1S/C34H33N3O2/c1-2-21-36(22-23-38)24-27(26-39)31-19-12-20-33-32(31)25-37(35-33)34(28-13-6-3-7-14-28,29-15-8-4-9-16-29)30-17-10-5-11-18-30/h3-20,24-26,38H,2,21-23H2,1H3/b27-24+. The maximum atomic E-state index is 12.4. The summed E-state index contributed by atoms with van der Waals surface area (Å²) in [6.07, 6.45) is 5.73. The number of aromatic nitrogens is 2. The molecule has 0 aliphatic rings. The van der Waals surface area contributed by atoms with E-state index in [0.29, 0.717) is 12.1 Å². The van der Waals surface area contributed by atoms with Gasteiger partial charge in [0.2, 0.25) is 0 Å². The molecule has 0 fully saturated rings. The van der Waals surface area contributed by atoms with Gasteiger partial charge in [-0.25, -0.2) is 0 Å². The highest BCUT2D eigenvalue weighted by Gasteiger charge is 2.39. The number of aliphatic hydroxyl groups excluding tert-OH is 1. The van der Waals surface area contributed by atoms with E-state index in [1.165, 1.54) is 0 Å². The molecule has 1 heterocycles. The van der Waals surface area contributed by atoms with Gasteiger partial charge in [-0.1, -0.05) is 110 Å². The number of carbonyl (C=O) groups excluding carboxylic acids is 1. The molecule has 5 aromatic rings. The van der Waals surface area contributed by atoms with Crippen molar-refractivity contribution >= 4 is 22.8 Å². The Morgan fingerprint density at radius 2 is 1.38 bits per heavy atom. The van der Waals surface area contributed by atoms with Gasteiger partial charge in [-0.3, -0.25) is 9.48 Å². The highest BCUT2D eigenvalue weighted by atomic mass is 16.3. The summed E-state index contributed by atoms with van der Waals surface area (Å²) in [5, 5.41) is 15.6. The van der Waals surface area contributed by atoms with Gasteiger partial charge < -0.3 is 10.0 Å². The lowest BCUT2D eigenvalue weighted by Gasteiger charge is -2.36. The van der Waals surface area contributed by atoms with Crippen molar-refractivity contribution in [3.63, 3.8) is 0 Å². The molecular formula is C34H33N3O2. The van der Waals surface area contributed by atoms with Crippen LogP contribution in [0, 0.1) is 0 Å². The van der Waals surface area contributed by atoms with E-state index in [1.54, 1.807) is 0 Å². The molecule has 0 amide bonds. The van der Waals surface area contributed by atoms with Crippen LogP contribution in [0.4, 0.5) is 0 Å². The number of aldehydes is 1. The Labute approximate surface area is 229 Å². The first-order valence-corrected chi connectivity index (χ1v) is 13.4. The number of allylic oxidation sites excluding steroid dienone is 1. The Morgan fingerprint density at radius 1 is 0.821 bits per heavy atom. The number of hydrogen-bond acceptors (Lipinski definition) is 4. The quantitative estimate of drug-likeness (QED) is 0.131. The van der Waals surface area contributed by atoms with E-state index < -0.39 is 5.54 Å². The summed E-state index contributed by atoms with van der Waals surface area (Å²) in [6, 6.07) is 37.2. The molecule has 0 saturated carbocycles. The summed E-state index contributed by atoms with van der Waals surface area (Å²) in [4.78, 5) is 14.4. The van der Waals surface area contributed by atoms with Gasteiger partial charge in [0.05, 0.1) is 12.1 Å². The number of fused-ring (bicyclic) bond motifs is 1. The first-order chi connectivity index (χ1) is 19.2. The number of benzene rings is 4. The molecule has 4 aromatic carbocycles. The molecule has 5 rings (SSSR count). The number of carbonyl (C=O) groups is 1. The highest BCUT2D eigenvalue weighted by molar-refractivity contribution is 6.12. The Kier molecular flexibility index (Phi) is 7.99. The fraction of sp³-hybridized carbons (Fsp3) is 0.176. The van der Waals surface area contributed by atoms with Crippen LogP contribution < -0.4 is 0 Å². The number of aliphatic hydroxyl groups is 1. The van der Waals surface area contributed by atoms with E-state index >= 15 is 0 Å². The summed E-state index contributed by atoms with van der Waals surface area (Å²) in [6.45, 7) is 3.34. The van der Waals surface area contributed by atoms with Gasteiger partial charge in [-0.15, -0.1) is 0 Å². The van der Waals surface area contributed by atoms with Gasteiger partial charge in [-0.05, 0) is 34.7 Å². The van der Waals surface area contributed by atoms with E-state index in [2.05, 4.69) is 85.9 Å². The van der Waals surface area contributed by atoms with Crippen LogP contribution in [-0.4, -0.2) is 45.8 Å². The second kappa shape index (κ2) is 11.9. The van der Waals surface area contributed by atoms with Crippen LogP contribution in [0.1, 0.15) is 35.6 Å². The van der Waals surface area contributed by atoms with E-state index in [0.717, 1.165) is 52.4 Å². The van der Waals surface area contributed by atoms with Crippen molar-refractivity contribution in [3.8, 4) is 0 Å². The smallest absolute Gasteiger partial charge is 0.152 e. The molecule has 0 unspecified atom stereocenters. The lowest BCUT2D eigenvalue weighted by molar-refractivity contribution is -0.103. The third-order valence-electron chi connectivity index (χ3n) is 7.13. The normalized spacial score (nSPS) is 12.0. The Morgan fingerprint density at radius 3 is 1.87 bits per heavy atom. The molecule has 0 saturated heterocycles. The molecule has 5 nitrogen and oxygen atoms in total. The lowest BCUT2D eigenvalue weighted by atomic mass is 9.77. The van der Waals surface area contributed by atoms with Crippen molar-refractivity contribution in [2.75, 3.05) is 19.7 Å². The van der Waals surface area contributed by atoms with Crippen LogP contribution in [0.2, 0.25) is 0 Å². The number of rotatable bonds is 11. The van der Waals surface area contributed by atoms with Gasteiger partial charge in [0.15, 0.2) is 6.29 Å². The molecular weight excluding hydrogens is 482 g/mol. The SMILES string of the molecule is CCCN(/C=C(\C=O)c1cccc2nn(C(c3ccccc3)(c3ccccc3)c3ccccc3)cc12)CCO. The Hall–Kier alpha value is -4.48. The van der Waals surface area contributed by atoms with Crippen molar-refractivity contribution in [1.29, 1.82) is 0 Å². The zero-order valence-electron chi connectivity index (χ0n) is 22.1. The molecule has 196 valence electrons. The third kappa shape index (κ3) is 5.01. The van der Waals surface area contributed by atoms with Gasteiger partial charge in [-0.2, -0.15) is 5.10 Å². The van der Waals surface area contributed by atoms with E-state index in [1.807, 2.05) is 52.2 Å². The van der Waals surface area contributed by atoms with Crippen molar-refractivity contribution in [2.45, 2.75) is 18.9 Å². The third-order valence-corrected chi connectivity index (χ3v) is 7.13. The fourth-order valence-corrected chi connectivity index (χ4v) is 5.42. The van der Waals surface area contributed by atoms with Crippen LogP contribution in [0.3, 0.4) is 0 Å². The predicted molar refractivity (Wildman–Crippen MR) is 157 cm³/mol. The topological polar surface area (TPSA) is 58.4 Å². The average molecular weight is 516 g/mol. The molecule has 0 aliphatic carbocycles. The van der Waals surface area contributed by atoms with Gasteiger partial charge in [0.1, 0.15) is 5.54 Å². The minimum absolute atomic E-state index is 0.0263. The van der Waals surface area contributed by atoms with E-state index in [4.69, 9.17) is 5.10 Å². The summed E-state index contributed by atoms with van der Waals surface area (Å²) in [7, 11) is 0. The van der Waals surface area contributed by atoms with Crippen LogP contribution in [-0.2, 0) is 10.3 Å². The molecule has 0 radical (unpaired) electrons. The molecule has 0 bridgehead atoms. The van der Waals surface area contributed by atoms with Crippen molar-refractivity contribution in [2.24, 2.45) is 0 Å². The molecule has 0 spiro atoms. The zero-order valence-corrected chi connectivity index (χ0v) is 22.1. The summed E-state index contributed by atoms with van der Waals surface area (Å²) >= 11 is 0. The number of hydrogen-bond donors (Lipinski definition) is 1. The molecule has 39 heavy (non-hydrogen) atoms. The minimum atomic E-state index is -0.740. The molecule has 1 aromatic heterocycles. The summed E-state index contributed by atoms with van der Waals surface area (Å²) in [5.74, 6) is 0. The van der Waals surface area contributed by atoms with Crippen LogP contribution in [0.15, 0.2) is 122 Å². The minimum Gasteiger partial charge on any atom is -0.395 e. The fourth-order valence-electron chi connectivity index (χ4n) is 5.42. The Balaban J connectivity index is 1.79. The van der Waals surface area contributed by atoms with E-state index in [9.17, 15) is 9.90 Å². The van der Waals surface area contributed by atoms with Crippen LogP contribution in [0.5, 0.6) is 0 Å². The molecule has 0 aliphatic heterocycles. The lowest BCUT2D eigenvalue weighted by Crippen LogP contribution is -2.38. The van der Waals surface area contributed by atoms with Gasteiger partial charge >= 0.3 is 0 Å². The van der Waals surface area contributed by atoms with Gasteiger partial charge in [0.25, 0.3) is 0 Å². The second-order valence-electron chi connectivity index (χ2n) is 9.58. The summed E-state index contributed by atoms with van der Waals surface area (Å²) in [5.41, 5.74) is 4.69. The van der Waals surface area contributed by atoms with Crippen molar-refractivity contribution in [3.05, 3.63) is 144 Å². The second-order valence-corrected chi connectivity index (χ2v) is 9.58. The molecule has 1 N–H and O–H groups in total. The molecule has 0 atom stereocenters. The number of nitrogens with zero attached hydrogens (tertiary/aromatic N) is 3. The van der Waals surface area contributed by atoms with Crippen LogP contribution in [0.25, 0.3) is 16.5 Å². The van der Waals surface area contributed by atoms with Crippen LogP contribution >= 0.6 is 0 Å². The first-order valence-electron chi connectivity index (χ1n) is 13.4. The van der Waals surface area contributed by atoms with Crippen molar-refractivity contribution in [1.82, 2.24) is 14.7 Å². The maximum absolute atomic E-state index is 12.4. The van der Waals surface area contributed by atoms with E-state index in [-0.39, 0.29) is 6.61 Å². The largest absolute Gasteiger partial charge is 0.395 e.